The van der Waals surface area contributed by atoms with Crippen molar-refractivity contribution < 1.29 is 9.18 Å². The summed E-state index contributed by atoms with van der Waals surface area (Å²) in [5, 5.41) is 3.27. The number of amides is 1. The number of primary amides is 1. The smallest absolute Gasteiger partial charge is 0.250 e. The van der Waals surface area contributed by atoms with Gasteiger partial charge in [0.05, 0.1) is 5.56 Å². The molecule has 6 nitrogen and oxygen atoms in total. The van der Waals surface area contributed by atoms with Crippen LogP contribution in [0.4, 0.5) is 16.0 Å². The molecule has 0 saturated carbocycles. The Balaban J connectivity index is 1.63. The van der Waals surface area contributed by atoms with Crippen LogP contribution in [-0.4, -0.2) is 35.0 Å². The molecule has 3 rings (SSSR count). The van der Waals surface area contributed by atoms with Crippen LogP contribution >= 0.6 is 0 Å². The first-order valence-electron chi connectivity index (χ1n) is 7.01. The molecule has 3 N–H and O–H groups in total. The first kappa shape index (κ1) is 14.2. The van der Waals surface area contributed by atoms with E-state index < -0.39 is 5.91 Å². The second-order valence-corrected chi connectivity index (χ2v) is 5.18. The third-order valence-corrected chi connectivity index (χ3v) is 3.63. The maximum Gasteiger partial charge on any atom is 0.250 e. The van der Waals surface area contributed by atoms with Crippen molar-refractivity contribution in [2.75, 3.05) is 23.3 Å². The number of nitrogens with zero attached hydrogens (tertiary/aromatic N) is 3. The summed E-state index contributed by atoms with van der Waals surface area (Å²) in [5.74, 6) is 0.228. The summed E-state index contributed by atoms with van der Waals surface area (Å²) in [4.78, 5) is 21.2. The van der Waals surface area contributed by atoms with E-state index in [0.29, 0.717) is 23.7 Å². The fourth-order valence-electron chi connectivity index (χ4n) is 2.51. The minimum absolute atomic E-state index is 0.147. The van der Waals surface area contributed by atoms with E-state index in [9.17, 15) is 9.18 Å². The van der Waals surface area contributed by atoms with Crippen LogP contribution in [0.3, 0.4) is 0 Å². The Bertz CT molecular complexity index is 676. The first-order chi connectivity index (χ1) is 10.6. The minimum atomic E-state index is -0.503. The Hall–Kier alpha value is -2.70. The van der Waals surface area contributed by atoms with Gasteiger partial charge < -0.3 is 16.0 Å². The van der Waals surface area contributed by atoms with Gasteiger partial charge in [0.2, 0.25) is 5.91 Å². The molecule has 2 aromatic rings. The molecule has 0 spiro atoms. The number of rotatable bonds is 4. The summed E-state index contributed by atoms with van der Waals surface area (Å²) in [6, 6.07) is 6.47. The van der Waals surface area contributed by atoms with Crippen molar-refractivity contribution in [3.05, 3.63) is 48.0 Å². The lowest BCUT2D eigenvalue weighted by Crippen LogP contribution is -2.27. The van der Waals surface area contributed by atoms with Gasteiger partial charge in [0, 0.05) is 31.5 Å². The van der Waals surface area contributed by atoms with Crippen LogP contribution in [0.2, 0.25) is 0 Å². The molecule has 0 bridgehead atoms. The summed E-state index contributed by atoms with van der Waals surface area (Å²) in [5.41, 5.74) is 5.55. The number of halogens is 1. The van der Waals surface area contributed by atoms with Gasteiger partial charge in [-0.1, -0.05) is 0 Å². The molecule has 1 atom stereocenters. The SMILES string of the molecule is NC(=O)c1ccc(NC2CCN(c3ncccc3F)C2)nc1. The third-order valence-electron chi connectivity index (χ3n) is 3.63. The van der Waals surface area contributed by atoms with Crippen LogP contribution in [0.5, 0.6) is 0 Å². The van der Waals surface area contributed by atoms with Crippen LogP contribution in [0.15, 0.2) is 36.7 Å². The molecule has 1 fully saturated rings. The summed E-state index contributed by atoms with van der Waals surface area (Å²) < 4.78 is 13.7. The molecule has 2 aromatic heterocycles. The summed E-state index contributed by atoms with van der Waals surface area (Å²) in [7, 11) is 0. The monoisotopic (exact) mass is 301 g/mol. The van der Waals surface area contributed by atoms with Crippen LogP contribution in [0.1, 0.15) is 16.8 Å². The number of aromatic nitrogens is 2. The van der Waals surface area contributed by atoms with Gasteiger partial charge in [-0.15, -0.1) is 0 Å². The zero-order valence-corrected chi connectivity index (χ0v) is 11.9. The van der Waals surface area contributed by atoms with E-state index in [1.807, 2.05) is 4.90 Å². The van der Waals surface area contributed by atoms with Gasteiger partial charge in [0.15, 0.2) is 11.6 Å². The summed E-state index contributed by atoms with van der Waals surface area (Å²) in [6.45, 7) is 1.37. The van der Waals surface area contributed by atoms with E-state index in [2.05, 4.69) is 15.3 Å². The van der Waals surface area contributed by atoms with Crippen molar-refractivity contribution in [3.63, 3.8) is 0 Å². The van der Waals surface area contributed by atoms with E-state index in [4.69, 9.17) is 5.73 Å². The maximum atomic E-state index is 13.7. The van der Waals surface area contributed by atoms with Gasteiger partial charge in [0.25, 0.3) is 0 Å². The number of nitrogens with two attached hydrogens (primary N) is 1. The average Bonchev–Trinajstić information content (AvgIpc) is 2.96. The molecular weight excluding hydrogens is 285 g/mol. The molecule has 1 aliphatic rings. The number of carbonyl (C=O) groups excluding carboxylic acids is 1. The van der Waals surface area contributed by atoms with Crippen LogP contribution < -0.4 is 16.0 Å². The van der Waals surface area contributed by atoms with Gasteiger partial charge in [-0.2, -0.15) is 0 Å². The van der Waals surface area contributed by atoms with E-state index >= 15 is 0 Å². The van der Waals surface area contributed by atoms with Crippen molar-refractivity contribution in [2.24, 2.45) is 5.73 Å². The Labute approximate surface area is 127 Å². The number of carbonyl (C=O) groups is 1. The molecule has 3 heterocycles. The van der Waals surface area contributed by atoms with Gasteiger partial charge in [0.1, 0.15) is 5.82 Å². The summed E-state index contributed by atoms with van der Waals surface area (Å²) in [6.07, 6.45) is 3.88. The molecule has 0 aromatic carbocycles. The highest BCUT2D eigenvalue weighted by Crippen LogP contribution is 2.22. The lowest BCUT2D eigenvalue weighted by molar-refractivity contribution is 0.1000. The zero-order valence-electron chi connectivity index (χ0n) is 11.9. The Morgan fingerprint density at radius 2 is 2.23 bits per heavy atom. The molecule has 1 amide bonds. The number of hydrogen-bond donors (Lipinski definition) is 2. The molecule has 1 unspecified atom stereocenters. The second-order valence-electron chi connectivity index (χ2n) is 5.18. The first-order valence-corrected chi connectivity index (χ1v) is 7.01. The van der Waals surface area contributed by atoms with Gasteiger partial charge in [-0.3, -0.25) is 4.79 Å². The lowest BCUT2D eigenvalue weighted by Gasteiger charge is -2.18. The normalized spacial score (nSPS) is 17.5. The van der Waals surface area contributed by atoms with Crippen LogP contribution in [0, 0.1) is 5.82 Å². The fourth-order valence-corrected chi connectivity index (χ4v) is 2.51. The Kier molecular flexibility index (Phi) is 3.86. The largest absolute Gasteiger partial charge is 0.366 e. The van der Waals surface area contributed by atoms with Crippen molar-refractivity contribution in [1.82, 2.24) is 9.97 Å². The predicted molar refractivity (Wildman–Crippen MR) is 81.2 cm³/mol. The van der Waals surface area contributed by atoms with Crippen LogP contribution in [-0.2, 0) is 0 Å². The van der Waals surface area contributed by atoms with E-state index in [1.54, 1.807) is 24.4 Å². The van der Waals surface area contributed by atoms with Gasteiger partial charge >= 0.3 is 0 Å². The topological polar surface area (TPSA) is 84.1 Å². The number of pyridine rings is 2. The molecule has 1 aliphatic heterocycles. The van der Waals surface area contributed by atoms with Crippen LogP contribution in [0.25, 0.3) is 0 Å². The molecule has 1 saturated heterocycles. The van der Waals surface area contributed by atoms with E-state index in [1.165, 1.54) is 12.3 Å². The molecule has 0 radical (unpaired) electrons. The fraction of sp³-hybridized carbons (Fsp3) is 0.267. The molecular formula is C15H16FN5O. The van der Waals surface area contributed by atoms with Crippen molar-refractivity contribution in [1.29, 1.82) is 0 Å². The number of nitrogens with one attached hydrogen (secondary N) is 1. The van der Waals surface area contributed by atoms with E-state index in [0.717, 1.165) is 13.0 Å². The quantitative estimate of drug-likeness (QED) is 0.892. The molecule has 7 heteroatoms. The number of anilines is 2. The Morgan fingerprint density at radius 3 is 2.91 bits per heavy atom. The predicted octanol–water partition coefficient (Wildman–Crippen LogP) is 1.41. The third kappa shape index (κ3) is 2.98. The van der Waals surface area contributed by atoms with Gasteiger partial charge in [-0.05, 0) is 30.7 Å². The highest BCUT2D eigenvalue weighted by atomic mass is 19.1. The summed E-state index contributed by atoms with van der Waals surface area (Å²) >= 11 is 0. The highest BCUT2D eigenvalue weighted by molar-refractivity contribution is 5.92. The second kappa shape index (κ2) is 5.97. The average molecular weight is 301 g/mol. The van der Waals surface area contributed by atoms with E-state index in [-0.39, 0.29) is 11.9 Å². The minimum Gasteiger partial charge on any atom is -0.366 e. The number of hydrogen-bond acceptors (Lipinski definition) is 5. The Morgan fingerprint density at radius 1 is 1.36 bits per heavy atom. The standard InChI is InChI=1S/C15H16FN5O/c16-12-2-1-6-18-15(12)21-7-5-11(9-21)20-13-4-3-10(8-19-13)14(17)22/h1-4,6,8,11H,5,7,9H2,(H2,17,22)(H,19,20). The van der Waals surface area contributed by atoms with Crippen molar-refractivity contribution in [3.8, 4) is 0 Å². The molecule has 22 heavy (non-hydrogen) atoms. The highest BCUT2D eigenvalue weighted by Gasteiger charge is 2.25. The maximum absolute atomic E-state index is 13.7. The molecule has 0 aliphatic carbocycles. The lowest BCUT2D eigenvalue weighted by atomic mass is 10.2. The molecule has 114 valence electrons. The van der Waals surface area contributed by atoms with Gasteiger partial charge in [-0.25, -0.2) is 14.4 Å². The zero-order chi connectivity index (χ0) is 15.5. The van der Waals surface area contributed by atoms with Crippen molar-refractivity contribution in [2.45, 2.75) is 12.5 Å². The van der Waals surface area contributed by atoms with Crippen molar-refractivity contribution >= 4 is 17.5 Å².